The van der Waals surface area contributed by atoms with Crippen LogP contribution in [0.1, 0.15) is 50.8 Å². The number of hydrogen-bond acceptors (Lipinski definition) is 4. The molecule has 0 radical (unpaired) electrons. The molecule has 0 spiro atoms. The Kier molecular flexibility index (Phi) is 5.11. The van der Waals surface area contributed by atoms with E-state index in [1.807, 2.05) is 30.3 Å². The minimum absolute atomic E-state index is 0.186. The molecule has 1 N–H and O–H groups in total. The Morgan fingerprint density at radius 2 is 1.90 bits per heavy atom. The fraction of sp³-hybridized carbons (Fsp3) is 0.478. The van der Waals surface area contributed by atoms with Crippen molar-refractivity contribution in [3.05, 3.63) is 52.7 Å². The van der Waals surface area contributed by atoms with Crippen LogP contribution in [0.3, 0.4) is 0 Å². The van der Waals surface area contributed by atoms with Gasteiger partial charge >= 0.3 is 0 Å². The van der Waals surface area contributed by atoms with E-state index in [-0.39, 0.29) is 11.5 Å². The molecule has 3 heterocycles. The monoisotopic (exact) mass is 405 g/mol. The first-order valence-corrected chi connectivity index (χ1v) is 11.0. The van der Waals surface area contributed by atoms with Crippen molar-refractivity contribution < 1.29 is 4.79 Å². The summed E-state index contributed by atoms with van der Waals surface area (Å²) in [5, 5.41) is 4.79. The minimum Gasteiger partial charge on any atom is -0.339 e. The van der Waals surface area contributed by atoms with Crippen molar-refractivity contribution in [2.75, 3.05) is 6.54 Å². The van der Waals surface area contributed by atoms with E-state index < -0.39 is 0 Å². The van der Waals surface area contributed by atoms with Gasteiger partial charge in [-0.15, -0.1) is 0 Å². The summed E-state index contributed by atoms with van der Waals surface area (Å²) in [6.45, 7) is 0.865. The average molecular weight is 406 g/mol. The molecule has 2 fully saturated rings. The highest BCUT2D eigenvalue weighted by Crippen LogP contribution is 2.35. The first-order valence-electron chi connectivity index (χ1n) is 11.0. The van der Waals surface area contributed by atoms with Crippen LogP contribution in [-0.4, -0.2) is 43.1 Å². The van der Waals surface area contributed by atoms with E-state index in [9.17, 15) is 9.59 Å². The third kappa shape index (κ3) is 3.53. The third-order valence-corrected chi connectivity index (χ3v) is 6.63. The molecular weight excluding hydrogens is 378 g/mol. The van der Waals surface area contributed by atoms with Gasteiger partial charge in [-0.05, 0) is 43.7 Å². The number of para-hydroxylation sites is 1. The predicted octanol–water partition coefficient (Wildman–Crippen LogP) is 3.22. The van der Waals surface area contributed by atoms with Crippen molar-refractivity contribution in [1.82, 2.24) is 24.6 Å². The molecular formula is C23H27N5O2. The number of carbonyl (C=O) groups excluding carboxylic acids is 1. The second kappa shape index (κ2) is 8.05. The lowest BCUT2D eigenvalue weighted by molar-refractivity contribution is -0.137. The lowest BCUT2D eigenvalue weighted by Gasteiger charge is -2.44. The summed E-state index contributed by atoms with van der Waals surface area (Å²) < 4.78 is 1.67. The van der Waals surface area contributed by atoms with E-state index in [2.05, 4.69) is 20.0 Å². The molecule has 1 saturated heterocycles. The molecule has 2 atom stereocenters. The Morgan fingerprint density at radius 3 is 2.77 bits per heavy atom. The Balaban J connectivity index is 1.35. The lowest BCUT2D eigenvalue weighted by atomic mass is 9.78. The number of aryl methyl sites for hydroxylation is 1. The van der Waals surface area contributed by atoms with Crippen molar-refractivity contribution in [2.45, 2.75) is 57.4 Å². The zero-order chi connectivity index (χ0) is 20.5. The Morgan fingerprint density at radius 1 is 1.10 bits per heavy atom. The van der Waals surface area contributed by atoms with E-state index in [0.29, 0.717) is 41.7 Å². The van der Waals surface area contributed by atoms with Crippen LogP contribution < -0.4 is 5.56 Å². The van der Waals surface area contributed by atoms with Crippen LogP contribution >= 0.6 is 0 Å². The van der Waals surface area contributed by atoms with Gasteiger partial charge in [0.2, 0.25) is 5.91 Å². The number of aromatic nitrogens is 4. The van der Waals surface area contributed by atoms with E-state index in [0.717, 1.165) is 25.1 Å². The largest absolute Gasteiger partial charge is 0.339 e. The van der Waals surface area contributed by atoms with Crippen LogP contribution in [0.2, 0.25) is 0 Å². The number of piperidine rings is 1. The molecule has 7 heteroatoms. The molecule has 2 aliphatic rings. The maximum Gasteiger partial charge on any atom is 0.262 e. The Bertz CT molecular complexity index is 1100. The molecule has 1 aliphatic heterocycles. The molecule has 3 aromatic rings. The van der Waals surface area contributed by atoms with E-state index in [4.69, 9.17) is 0 Å². The number of aromatic amines is 1. The van der Waals surface area contributed by atoms with Gasteiger partial charge in [0.1, 0.15) is 11.2 Å². The molecule has 2 aromatic heterocycles. The number of rotatable bonds is 4. The number of hydrogen-bond donors (Lipinski definition) is 1. The molecule has 1 amide bonds. The van der Waals surface area contributed by atoms with Crippen LogP contribution in [0.5, 0.6) is 0 Å². The molecule has 0 unspecified atom stereocenters. The summed E-state index contributed by atoms with van der Waals surface area (Å²) in [5.74, 6) is 1.40. The molecule has 1 aliphatic carbocycles. The quantitative estimate of drug-likeness (QED) is 0.722. The standard InChI is InChI=1S/C23H27N5O2/c29-21(27-14-6-8-16-7-4-5-11-19(16)27)13-12-20-25-22-18(23(30)26-20)15-24-28(22)17-9-2-1-3-10-17/h1-3,9-10,15-16,19H,4-8,11-14H2,(H,25,26,30)/t16-,19-/m1/s1. The van der Waals surface area contributed by atoms with Gasteiger partial charge in [-0.25, -0.2) is 9.67 Å². The van der Waals surface area contributed by atoms with Crippen LogP contribution in [0.15, 0.2) is 41.3 Å². The number of nitrogens with zero attached hydrogens (tertiary/aromatic N) is 4. The normalized spacial score (nSPS) is 21.5. The predicted molar refractivity (Wildman–Crippen MR) is 114 cm³/mol. The van der Waals surface area contributed by atoms with Crippen molar-refractivity contribution in [2.24, 2.45) is 5.92 Å². The van der Waals surface area contributed by atoms with Gasteiger partial charge in [-0.1, -0.05) is 31.0 Å². The Hall–Kier alpha value is -2.96. The molecule has 30 heavy (non-hydrogen) atoms. The Labute approximate surface area is 175 Å². The van der Waals surface area contributed by atoms with Crippen LogP contribution in [0.25, 0.3) is 16.7 Å². The number of likely N-dealkylation sites (tertiary alicyclic amines) is 1. The number of nitrogens with one attached hydrogen (secondary N) is 1. The molecule has 1 aromatic carbocycles. The number of carbonyl (C=O) groups is 1. The fourth-order valence-corrected chi connectivity index (χ4v) is 5.14. The minimum atomic E-state index is -0.213. The first kappa shape index (κ1) is 19.0. The van der Waals surface area contributed by atoms with Gasteiger partial charge in [-0.2, -0.15) is 5.10 Å². The third-order valence-electron chi connectivity index (χ3n) is 6.63. The van der Waals surface area contributed by atoms with Gasteiger partial charge in [0.05, 0.1) is 11.9 Å². The number of fused-ring (bicyclic) bond motifs is 2. The van der Waals surface area contributed by atoms with E-state index in [1.54, 1.807) is 10.9 Å². The van der Waals surface area contributed by atoms with Crippen molar-refractivity contribution >= 4 is 16.9 Å². The smallest absolute Gasteiger partial charge is 0.262 e. The number of benzene rings is 1. The number of H-pyrrole nitrogens is 1. The van der Waals surface area contributed by atoms with E-state index in [1.165, 1.54) is 25.7 Å². The maximum atomic E-state index is 13.0. The highest BCUT2D eigenvalue weighted by Gasteiger charge is 2.35. The maximum absolute atomic E-state index is 13.0. The summed E-state index contributed by atoms with van der Waals surface area (Å²) >= 11 is 0. The summed E-state index contributed by atoms with van der Waals surface area (Å²) in [7, 11) is 0. The van der Waals surface area contributed by atoms with Crippen LogP contribution in [0, 0.1) is 5.92 Å². The van der Waals surface area contributed by atoms with Crippen molar-refractivity contribution in [3.63, 3.8) is 0 Å². The zero-order valence-electron chi connectivity index (χ0n) is 17.1. The molecule has 1 saturated carbocycles. The van der Waals surface area contributed by atoms with Crippen LogP contribution in [0.4, 0.5) is 0 Å². The molecule has 156 valence electrons. The SMILES string of the molecule is O=C(CCc1nc2c(cnn2-c2ccccc2)c(=O)[nH]1)N1CCC[C@H]2CCCC[C@H]21. The van der Waals surface area contributed by atoms with Gasteiger partial charge in [0.15, 0.2) is 5.65 Å². The van der Waals surface area contributed by atoms with Gasteiger partial charge in [0, 0.05) is 25.4 Å². The highest BCUT2D eigenvalue weighted by atomic mass is 16.2. The topological polar surface area (TPSA) is 83.9 Å². The van der Waals surface area contributed by atoms with Gasteiger partial charge in [-0.3, -0.25) is 9.59 Å². The van der Waals surface area contributed by atoms with E-state index >= 15 is 0 Å². The number of amides is 1. The average Bonchev–Trinajstić information content (AvgIpc) is 3.22. The van der Waals surface area contributed by atoms with Gasteiger partial charge < -0.3 is 9.88 Å². The molecule has 7 nitrogen and oxygen atoms in total. The molecule has 5 rings (SSSR count). The lowest BCUT2D eigenvalue weighted by Crippen LogP contribution is -2.49. The zero-order valence-corrected chi connectivity index (χ0v) is 17.1. The first-order chi connectivity index (χ1) is 14.7. The summed E-state index contributed by atoms with van der Waals surface area (Å²) in [6, 6.07) is 10.0. The summed E-state index contributed by atoms with van der Waals surface area (Å²) in [5.41, 5.74) is 1.16. The summed E-state index contributed by atoms with van der Waals surface area (Å²) in [6.07, 6.45) is 9.60. The van der Waals surface area contributed by atoms with Crippen LogP contribution in [-0.2, 0) is 11.2 Å². The second-order valence-electron chi connectivity index (χ2n) is 8.48. The second-order valence-corrected chi connectivity index (χ2v) is 8.48. The molecule has 0 bridgehead atoms. The fourth-order valence-electron chi connectivity index (χ4n) is 5.14. The van der Waals surface area contributed by atoms with Crippen molar-refractivity contribution in [3.8, 4) is 5.69 Å². The summed E-state index contributed by atoms with van der Waals surface area (Å²) in [4.78, 5) is 35.1. The highest BCUT2D eigenvalue weighted by molar-refractivity contribution is 5.77. The van der Waals surface area contributed by atoms with Gasteiger partial charge in [0.25, 0.3) is 5.56 Å². The van der Waals surface area contributed by atoms with Crippen molar-refractivity contribution in [1.29, 1.82) is 0 Å².